The third-order valence-corrected chi connectivity index (χ3v) is 3.06. The normalized spacial score (nSPS) is 21.2. The summed E-state index contributed by atoms with van der Waals surface area (Å²) in [5, 5.41) is 3.69. The number of rotatable bonds is 1. The van der Waals surface area contributed by atoms with Gasteiger partial charge in [-0.1, -0.05) is 35.3 Å². The van der Waals surface area contributed by atoms with Crippen molar-refractivity contribution >= 4 is 29.1 Å². The van der Waals surface area contributed by atoms with Crippen LogP contribution >= 0.6 is 23.2 Å². The lowest BCUT2D eigenvalue weighted by atomic mass is 10.1. The quantitative estimate of drug-likeness (QED) is 0.824. The Kier molecular flexibility index (Phi) is 3.14. The average molecular weight is 246 g/mol. The van der Waals surface area contributed by atoms with Crippen molar-refractivity contribution < 1.29 is 9.53 Å². The summed E-state index contributed by atoms with van der Waals surface area (Å²) < 4.78 is 5.36. The fourth-order valence-corrected chi connectivity index (χ4v) is 1.89. The highest BCUT2D eigenvalue weighted by molar-refractivity contribution is 6.42. The lowest BCUT2D eigenvalue weighted by molar-refractivity contribution is -0.133. The number of carbonyl (C=O) groups is 1. The summed E-state index contributed by atoms with van der Waals surface area (Å²) in [6, 6.07) is 5.37. The van der Waals surface area contributed by atoms with E-state index in [1.807, 2.05) is 12.1 Å². The molecule has 2 rings (SSSR count). The topological polar surface area (TPSA) is 38.3 Å². The Morgan fingerprint density at radius 2 is 2.20 bits per heavy atom. The molecule has 0 aromatic heterocycles. The number of halogens is 2. The molecule has 0 bridgehead atoms. The molecule has 1 aromatic carbocycles. The summed E-state index contributed by atoms with van der Waals surface area (Å²) in [5.74, 6) is -0.107. The van der Waals surface area contributed by atoms with Crippen LogP contribution in [0, 0.1) is 0 Å². The fourth-order valence-electron chi connectivity index (χ4n) is 1.46. The van der Waals surface area contributed by atoms with Gasteiger partial charge in [0, 0.05) is 12.1 Å². The molecule has 1 aliphatic heterocycles. The number of hydrogen-bond acceptors (Lipinski definition) is 2. The minimum absolute atomic E-state index is 0.0630. The van der Waals surface area contributed by atoms with Gasteiger partial charge in [-0.2, -0.15) is 0 Å². The van der Waals surface area contributed by atoms with Crippen LogP contribution in [0.3, 0.4) is 0 Å². The molecule has 1 heterocycles. The van der Waals surface area contributed by atoms with Gasteiger partial charge in [0.1, 0.15) is 12.7 Å². The first-order valence-electron chi connectivity index (χ1n) is 4.50. The highest BCUT2D eigenvalue weighted by atomic mass is 35.5. The largest absolute Gasteiger partial charge is 0.362 e. The highest BCUT2D eigenvalue weighted by Gasteiger charge is 2.22. The molecule has 1 aromatic rings. The van der Waals surface area contributed by atoms with E-state index >= 15 is 0 Å². The smallest absolute Gasteiger partial charge is 0.246 e. The molecule has 15 heavy (non-hydrogen) atoms. The third kappa shape index (κ3) is 2.25. The van der Waals surface area contributed by atoms with E-state index in [0.29, 0.717) is 16.6 Å². The van der Waals surface area contributed by atoms with Crippen LogP contribution in [0.25, 0.3) is 0 Å². The van der Waals surface area contributed by atoms with Crippen LogP contribution in [0.2, 0.25) is 10.0 Å². The van der Waals surface area contributed by atoms with Gasteiger partial charge >= 0.3 is 0 Å². The second-order valence-electron chi connectivity index (χ2n) is 3.25. The molecule has 0 radical (unpaired) electrons. The lowest BCUT2D eigenvalue weighted by Crippen LogP contribution is -2.38. The number of ether oxygens (including phenoxy) is 1. The maximum atomic E-state index is 10.9. The van der Waals surface area contributed by atoms with Gasteiger partial charge in [-0.05, 0) is 6.07 Å². The number of nitrogens with one attached hydrogen (secondary N) is 1. The molecule has 0 spiro atoms. The molecule has 0 saturated carbocycles. The van der Waals surface area contributed by atoms with E-state index in [0.717, 1.165) is 5.56 Å². The Hall–Kier alpha value is -0.770. The second kappa shape index (κ2) is 4.39. The molecule has 1 saturated heterocycles. The molecule has 0 aliphatic carbocycles. The van der Waals surface area contributed by atoms with Crippen molar-refractivity contribution in [3.63, 3.8) is 0 Å². The average Bonchev–Trinajstić information content (AvgIpc) is 2.24. The predicted octanol–water partition coefficient (Wildman–Crippen LogP) is 2.18. The Bertz CT molecular complexity index is 385. The van der Waals surface area contributed by atoms with Crippen molar-refractivity contribution in [1.82, 2.24) is 5.32 Å². The standard InChI is InChI=1S/C10H9Cl2NO2/c11-7-3-1-2-6(10(7)12)8-4-13-9(14)5-15-8/h1-3,8H,4-5H2,(H,13,14)/t8-/m1/s1. The molecule has 80 valence electrons. The van der Waals surface area contributed by atoms with Crippen molar-refractivity contribution in [2.45, 2.75) is 6.10 Å². The van der Waals surface area contributed by atoms with E-state index in [-0.39, 0.29) is 18.6 Å². The fraction of sp³-hybridized carbons (Fsp3) is 0.300. The van der Waals surface area contributed by atoms with Gasteiger partial charge in [-0.15, -0.1) is 0 Å². The summed E-state index contributed by atoms with van der Waals surface area (Å²) in [7, 11) is 0. The summed E-state index contributed by atoms with van der Waals surface area (Å²) in [6.45, 7) is 0.492. The Labute approximate surface area is 97.3 Å². The SMILES string of the molecule is O=C1CO[C@@H](c2cccc(Cl)c2Cl)CN1. The Balaban J connectivity index is 2.22. The molecule has 1 atom stereocenters. The molecular weight excluding hydrogens is 237 g/mol. The summed E-state index contributed by atoms with van der Waals surface area (Å²) >= 11 is 11.9. The van der Waals surface area contributed by atoms with Crippen molar-refractivity contribution in [3.05, 3.63) is 33.8 Å². The van der Waals surface area contributed by atoms with E-state index in [9.17, 15) is 4.79 Å². The van der Waals surface area contributed by atoms with Gasteiger partial charge < -0.3 is 10.1 Å². The van der Waals surface area contributed by atoms with Crippen molar-refractivity contribution in [2.75, 3.05) is 13.2 Å². The Morgan fingerprint density at radius 3 is 2.87 bits per heavy atom. The van der Waals surface area contributed by atoms with Gasteiger partial charge in [-0.25, -0.2) is 0 Å². The van der Waals surface area contributed by atoms with Crippen LogP contribution in [0.5, 0.6) is 0 Å². The maximum Gasteiger partial charge on any atom is 0.246 e. The predicted molar refractivity (Wildman–Crippen MR) is 58.2 cm³/mol. The van der Waals surface area contributed by atoms with E-state index in [1.54, 1.807) is 6.07 Å². The van der Waals surface area contributed by atoms with Gasteiger partial charge in [0.2, 0.25) is 5.91 Å². The first-order chi connectivity index (χ1) is 7.18. The van der Waals surface area contributed by atoms with Gasteiger partial charge in [0.25, 0.3) is 0 Å². The maximum absolute atomic E-state index is 10.9. The zero-order valence-electron chi connectivity index (χ0n) is 7.80. The number of hydrogen-bond donors (Lipinski definition) is 1. The van der Waals surface area contributed by atoms with Crippen LogP contribution in [-0.4, -0.2) is 19.1 Å². The zero-order valence-corrected chi connectivity index (χ0v) is 9.31. The van der Waals surface area contributed by atoms with Crippen LogP contribution in [-0.2, 0) is 9.53 Å². The van der Waals surface area contributed by atoms with Crippen LogP contribution in [0.1, 0.15) is 11.7 Å². The minimum atomic E-state index is -0.214. The van der Waals surface area contributed by atoms with Crippen LogP contribution in [0.4, 0.5) is 0 Å². The molecule has 5 heteroatoms. The van der Waals surface area contributed by atoms with Crippen molar-refractivity contribution in [1.29, 1.82) is 0 Å². The molecular formula is C10H9Cl2NO2. The second-order valence-corrected chi connectivity index (χ2v) is 4.03. The number of amides is 1. The molecule has 1 aliphatic rings. The molecule has 3 nitrogen and oxygen atoms in total. The van der Waals surface area contributed by atoms with Gasteiger partial charge in [0.05, 0.1) is 10.0 Å². The lowest BCUT2D eigenvalue weighted by Gasteiger charge is -2.24. The van der Waals surface area contributed by atoms with Gasteiger partial charge in [0.15, 0.2) is 0 Å². The van der Waals surface area contributed by atoms with E-state index in [2.05, 4.69) is 5.32 Å². The summed E-state index contributed by atoms with van der Waals surface area (Å²) in [6.07, 6.45) is -0.214. The number of morpholine rings is 1. The van der Waals surface area contributed by atoms with Crippen LogP contribution in [0.15, 0.2) is 18.2 Å². The van der Waals surface area contributed by atoms with Crippen LogP contribution < -0.4 is 5.32 Å². The summed E-state index contributed by atoms with van der Waals surface area (Å²) in [4.78, 5) is 10.9. The van der Waals surface area contributed by atoms with Crippen molar-refractivity contribution in [2.24, 2.45) is 0 Å². The monoisotopic (exact) mass is 245 g/mol. The molecule has 1 amide bonds. The van der Waals surface area contributed by atoms with E-state index in [4.69, 9.17) is 27.9 Å². The van der Waals surface area contributed by atoms with Crippen molar-refractivity contribution in [3.8, 4) is 0 Å². The minimum Gasteiger partial charge on any atom is -0.362 e. The van der Waals surface area contributed by atoms with E-state index < -0.39 is 0 Å². The van der Waals surface area contributed by atoms with Gasteiger partial charge in [-0.3, -0.25) is 4.79 Å². The molecule has 0 unspecified atom stereocenters. The number of carbonyl (C=O) groups excluding carboxylic acids is 1. The number of benzene rings is 1. The Morgan fingerprint density at radius 1 is 1.40 bits per heavy atom. The first kappa shape index (κ1) is 10.7. The van der Waals surface area contributed by atoms with E-state index in [1.165, 1.54) is 0 Å². The first-order valence-corrected chi connectivity index (χ1v) is 5.26. The summed E-state index contributed by atoms with van der Waals surface area (Å²) in [5.41, 5.74) is 0.809. The molecule has 1 N–H and O–H groups in total. The highest BCUT2D eigenvalue weighted by Crippen LogP contribution is 2.31. The zero-order chi connectivity index (χ0) is 10.8. The third-order valence-electron chi connectivity index (χ3n) is 2.23. The molecule has 1 fully saturated rings.